The Balaban J connectivity index is 2.69. The number of aromatic nitrogens is 2. The second-order valence-electron chi connectivity index (χ2n) is 4.01. The first kappa shape index (κ1) is 12.8. The molecular weight excluding hydrogens is 204 g/mol. The molecule has 0 aliphatic heterocycles. The molecule has 0 aliphatic rings. The lowest BCUT2D eigenvalue weighted by atomic mass is 10.3. The number of nitrogens with zero attached hydrogens (tertiary/aromatic N) is 2. The lowest BCUT2D eigenvalue weighted by Gasteiger charge is -2.13. The quantitative estimate of drug-likeness (QED) is 0.726. The Morgan fingerprint density at radius 3 is 2.75 bits per heavy atom. The van der Waals surface area contributed by atoms with Crippen molar-refractivity contribution in [2.75, 3.05) is 30.8 Å². The third-order valence-corrected chi connectivity index (χ3v) is 2.36. The molecule has 0 bridgehead atoms. The average molecular weight is 226 g/mol. The SMILES string of the molecule is CCOCCNc1c(N)c(C)nn1C(C)C. The standard InChI is InChI=1S/C11H22N4O/c1-5-16-7-6-13-11-10(12)9(4)14-15(11)8(2)3/h8,13H,5-7,12H2,1-4H3. The molecule has 92 valence electrons. The fourth-order valence-electron chi connectivity index (χ4n) is 1.50. The number of hydrogen-bond acceptors (Lipinski definition) is 4. The number of aryl methyl sites for hydroxylation is 1. The maximum absolute atomic E-state index is 5.97. The number of ether oxygens (including phenoxy) is 1. The van der Waals surface area contributed by atoms with Crippen LogP contribution in [-0.4, -0.2) is 29.5 Å². The highest BCUT2D eigenvalue weighted by Crippen LogP contribution is 2.24. The summed E-state index contributed by atoms with van der Waals surface area (Å²) in [5.41, 5.74) is 7.56. The Kier molecular flexibility index (Phi) is 4.61. The van der Waals surface area contributed by atoms with E-state index in [9.17, 15) is 0 Å². The third kappa shape index (κ3) is 2.88. The second kappa shape index (κ2) is 5.75. The summed E-state index contributed by atoms with van der Waals surface area (Å²) in [6.45, 7) is 10.2. The van der Waals surface area contributed by atoms with Gasteiger partial charge in [-0.15, -0.1) is 0 Å². The summed E-state index contributed by atoms with van der Waals surface area (Å²) in [7, 11) is 0. The third-order valence-electron chi connectivity index (χ3n) is 2.36. The molecular formula is C11H22N4O. The maximum Gasteiger partial charge on any atom is 0.148 e. The van der Waals surface area contributed by atoms with Crippen molar-refractivity contribution in [1.82, 2.24) is 9.78 Å². The highest BCUT2D eigenvalue weighted by molar-refractivity contribution is 5.64. The van der Waals surface area contributed by atoms with Crippen LogP contribution in [-0.2, 0) is 4.74 Å². The molecule has 1 aromatic heterocycles. The molecule has 0 unspecified atom stereocenters. The van der Waals surface area contributed by atoms with E-state index < -0.39 is 0 Å². The van der Waals surface area contributed by atoms with E-state index >= 15 is 0 Å². The molecule has 1 rings (SSSR count). The highest BCUT2D eigenvalue weighted by atomic mass is 16.5. The van der Waals surface area contributed by atoms with E-state index in [1.807, 2.05) is 18.5 Å². The van der Waals surface area contributed by atoms with Crippen LogP contribution in [0.1, 0.15) is 32.5 Å². The van der Waals surface area contributed by atoms with Crippen LogP contribution < -0.4 is 11.1 Å². The van der Waals surface area contributed by atoms with Crippen molar-refractivity contribution in [2.24, 2.45) is 0 Å². The molecule has 1 aromatic rings. The van der Waals surface area contributed by atoms with Crippen LogP contribution in [0, 0.1) is 6.92 Å². The molecule has 16 heavy (non-hydrogen) atoms. The molecule has 0 aliphatic carbocycles. The van der Waals surface area contributed by atoms with Crippen molar-refractivity contribution in [2.45, 2.75) is 33.7 Å². The number of rotatable bonds is 6. The summed E-state index contributed by atoms with van der Waals surface area (Å²) < 4.78 is 7.18. The number of anilines is 2. The fourth-order valence-corrected chi connectivity index (χ4v) is 1.50. The van der Waals surface area contributed by atoms with Crippen LogP contribution in [0.4, 0.5) is 11.5 Å². The lowest BCUT2D eigenvalue weighted by Crippen LogP contribution is -2.15. The zero-order chi connectivity index (χ0) is 12.1. The van der Waals surface area contributed by atoms with Gasteiger partial charge in [0.15, 0.2) is 0 Å². The van der Waals surface area contributed by atoms with E-state index in [0.717, 1.165) is 30.4 Å². The zero-order valence-corrected chi connectivity index (χ0v) is 10.6. The molecule has 3 N–H and O–H groups in total. The molecule has 0 radical (unpaired) electrons. The zero-order valence-electron chi connectivity index (χ0n) is 10.6. The molecule has 0 aromatic carbocycles. The van der Waals surface area contributed by atoms with Gasteiger partial charge in [-0.1, -0.05) is 0 Å². The van der Waals surface area contributed by atoms with Gasteiger partial charge < -0.3 is 15.8 Å². The van der Waals surface area contributed by atoms with Gasteiger partial charge in [0.25, 0.3) is 0 Å². The Morgan fingerprint density at radius 1 is 1.50 bits per heavy atom. The Hall–Kier alpha value is -1.23. The summed E-state index contributed by atoms with van der Waals surface area (Å²) in [5, 5.41) is 7.67. The minimum absolute atomic E-state index is 0.297. The van der Waals surface area contributed by atoms with Crippen molar-refractivity contribution in [3.63, 3.8) is 0 Å². The molecule has 0 saturated heterocycles. The van der Waals surface area contributed by atoms with Gasteiger partial charge >= 0.3 is 0 Å². The van der Waals surface area contributed by atoms with Crippen molar-refractivity contribution >= 4 is 11.5 Å². The number of nitrogens with two attached hydrogens (primary N) is 1. The van der Waals surface area contributed by atoms with E-state index in [0.29, 0.717) is 12.6 Å². The fraction of sp³-hybridized carbons (Fsp3) is 0.727. The van der Waals surface area contributed by atoms with Crippen LogP contribution in [0.5, 0.6) is 0 Å². The number of nitrogens with one attached hydrogen (secondary N) is 1. The van der Waals surface area contributed by atoms with Crippen molar-refractivity contribution in [1.29, 1.82) is 0 Å². The average Bonchev–Trinajstić information content (AvgIpc) is 2.52. The first-order chi connectivity index (χ1) is 7.57. The molecule has 0 spiro atoms. The number of nitrogen functional groups attached to an aromatic ring is 1. The highest BCUT2D eigenvalue weighted by Gasteiger charge is 2.13. The first-order valence-electron chi connectivity index (χ1n) is 5.74. The van der Waals surface area contributed by atoms with Crippen LogP contribution in [0.25, 0.3) is 0 Å². The van der Waals surface area contributed by atoms with Gasteiger partial charge in [-0.25, -0.2) is 4.68 Å². The van der Waals surface area contributed by atoms with E-state index in [4.69, 9.17) is 10.5 Å². The summed E-state index contributed by atoms with van der Waals surface area (Å²) in [6, 6.07) is 0.297. The van der Waals surface area contributed by atoms with Crippen LogP contribution >= 0.6 is 0 Å². The Morgan fingerprint density at radius 2 is 2.19 bits per heavy atom. The number of hydrogen-bond donors (Lipinski definition) is 2. The minimum Gasteiger partial charge on any atom is -0.394 e. The van der Waals surface area contributed by atoms with Gasteiger partial charge in [-0.3, -0.25) is 0 Å². The summed E-state index contributed by atoms with van der Waals surface area (Å²) in [5.74, 6) is 0.896. The van der Waals surface area contributed by atoms with Gasteiger partial charge in [0.2, 0.25) is 0 Å². The van der Waals surface area contributed by atoms with Gasteiger partial charge in [0.05, 0.1) is 18.0 Å². The van der Waals surface area contributed by atoms with E-state index in [1.54, 1.807) is 0 Å². The first-order valence-corrected chi connectivity index (χ1v) is 5.74. The van der Waals surface area contributed by atoms with Crippen molar-refractivity contribution < 1.29 is 4.74 Å². The molecule has 0 atom stereocenters. The Bertz CT molecular complexity index is 333. The lowest BCUT2D eigenvalue weighted by molar-refractivity contribution is 0.158. The maximum atomic E-state index is 5.97. The molecule has 0 fully saturated rings. The Labute approximate surface area is 97.0 Å². The molecule has 0 amide bonds. The van der Waals surface area contributed by atoms with Gasteiger partial charge in [0.1, 0.15) is 5.82 Å². The van der Waals surface area contributed by atoms with E-state index in [2.05, 4.69) is 24.3 Å². The minimum atomic E-state index is 0.297. The van der Waals surface area contributed by atoms with Gasteiger partial charge in [-0.2, -0.15) is 5.10 Å². The van der Waals surface area contributed by atoms with Crippen molar-refractivity contribution in [3.8, 4) is 0 Å². The predicted octanol–water partition coefficient (Wildman–Crippen LogP) is 1.80. The van der Waals surface area contributed by atoms with Crippen molar-refractivity contribution in [3.05, 3.63) is 5.69 Å². The largest absolute Gasteiger partial charge is 0.394 e. The second-order valence-corrected chi connectivity index (χ2v) is 4.01. The predicted molar refractivity (Wildman–Crippen MR) is 66.7 cm³/mol. The van der Waals surface area contributed by atoms with E-state index in [-0.39, 0.29) is 0 Å². The molecule has 1 heterocycles. The summed E-state index contributed by atoms with van der Waals surface area (Å²) in [4.78, 5) is 0. The smallest absolute Gasteiger partial charge is 0.148 e. The van der Waals surface area contributed by atoms with Gasteiger partial charge in [-0.05, 0) is 27.7 Å². The van der Waals surface area contributed by atoms with E-state index in [1.165, 1.54) is 0 Å². The monoisotopic (exact) mass is 226 g/mol. The topological polar surface area (TPSA) is 65.1 Å². The summed E-state index contributed by atoms with van der Waals surface area (Å²) >= 11 is 0. The molecule has 5 nitrogen and oxygen atoms in total. The summed E-state index contributed by atoms with van der Waals surface area (Å²) in [6.07, 6.45) is 0. The van der Waals surface area contributed by atoms with Crippen LogP contribution in [0.2, 0.25) is 0 Å². The normalized spacial score (nSPS) is 11.1. The van der Waals surface area contributed by atoms with Crippen LogP contribution in [0.15, 0.2) is 0 Å². The molecule has 5 heteroatoms. The van der Waals surface area contributed by atoms with Crippen LogP contribution in [0.3, 0.4) is 0 Å². The molecule has 0 saturated carbocycles. The van der Waals surface area contributed by atoms with Gasteiger partial charge in [0, 0.05) is 19.2 Å².